The van der Waals surface area contributed by atoms with E-state index in [2.05, 4.69) is 57.4 Å². The predicted molar refractivity (Wildman–Crippen MR) is 119 cm³/mol. The lowest BCUT2D eigenvalue weighted by Crippen LogP contribution is -2.34. The summed E-state index contributed by atoms with van der Waals surface area (Å²) < 4.78 is 6.91. The number of nitrogens with zero attached hydrogens (tertiary/aromatic N) is 3. The zero-order valence-electron chi connectivity index (χ0n) is 15.7. The normalized spacial score (nSPS) is 11.7. The number of aromatic amines is 1. The Morgan fingerprint density at radius 2 is 1.96 bits per heavy atom. The van der Waals surface area contributed by atoms with Gasteiger partial charge in [0.2, 0.25) is 0 Å². The first-order chi connectivity index (χ1) is 12.8. The van der Waals surface area contributed by atoms with E-state index >= 15 is 0 Å². The van der Waals surface area contributed by atoms with Crippen molar-refractivity contribution in [1.29, 1.82) is 0 Å². The van der Waals surface area contributed by atoms with Crippen LogP contribution < -0.4 is 4.90 Å². The Morgan fingerprint density at radius 3 is 2.67 bits per heavy atom. The number of fused-ring (bicyclic) bond motifs is 1. The lowest BCUT2D eigenvalue weighted by atomic mass is 10.2. The Hall–Kier alpha value is -1.78. The van der Waals surface area contributed by atoms with Crippen LogP contribution in [0.1, 0.15) is 10.5 Å². The SMILES string of the molecule is C[Si](C)(C)CCOCN(C(=O)c1n[nH]c2ccc(I)cc12)c1ccncc1. The van der Waals surface area contributed by atoms with Crippen LogP contribution in [0.4, 0.5) is 5.69 Å². The van der Waals surface area contributed by atoms with E-state index in [1.807, 2.05) is 18.2 Å². The highest BCUT2D eigenvalue weighted by Gasteiger charge is 2.23. The molecule has 3 rings (SSSR count). The molecule has 0 radical (unpaired) electrons. The fraction of sp³-hybridized carbons (Fsp3) is 0.316. The van der Waals surface area contributed by atoms with Gasteiger partial charge in [-0.2, -0.15) is 5.10 Å². The summed E-state index contributed by atoms with van der Waals surface area (Å²) in [6, 6.07) is 10.5. The molecule has 27 heavy (non-hydrogen) atoms. The van der Waals surface area contributed by atoms with E-state index in [9.17, 15) is 4.79 Å². The molecule has 142 valence electrons. The van der Waals surface area contributed by atoms with Crippen LogP contribution in [0.15, 0.2) is 42.7 Å². The van der Waals surface area contributed by atoms with Gasteiger partial charge >= 0.3 is 0 Å². The third-order valence-corrected chi connectivity index (χ3v) is 6.54. The van der Waals surface area contributed by atoms with Crippen molar-refractivity contribution in [3.63, 3.8) is 0 Å². The summed E-state index contributed by atoms with van der Waals surface area (Å²) in [7, 11) is -1.19. The molecule has 6 nitrogen and oxygen atoms in total. The minimum absolute atomic E-state index is 0.186. The number of H-pyrrole nitrogens is 1. The van der Waals surface area contributed by atoms with Gasteiger partial charge in [0.15, 0.2) is 5.69 Å². The summed E-state index contributed by atoms with van der Waals surface area (Å²) in [6.45, 7) is 7.74. The van der Waals surface area contributed by atoms with Gasteiger partial charge in [-0.3, -0.25) is 19.8 Å². The van der Waals surface area contributed by atoms with E-state index in [0.29, 0.717) is 12.3 Å². The molecule has 0 aliphatic heterocycles. The molecule has 1 amide bonds. The standard InChI is InChI=1S/C19H23IN4O2Si/c1-27(2,3)11-10-26-13-24(15-6-8-21-9-7-15)19(25)18-16-12-14(20)4-5-17(16)22-23-18/h4-9,12H,10-11,13H2,1-3H3,(H,22,23). The number of rotatable bonds is 7. The molecule has 0 aliphatic rings. The lowest BCUT2D eigenvalue weighted by Gasteiger charge is -2.23. The molecule has 0 bridgehead atoms. The molecule has 8 heteroatoms. The molecular formula is C19H23IN4O2Si. The quantitative estimate of drug-likeness (QED) is 0.227. The van der Waals surface area contributed by atoms with Crippen LogP contribution in [0.5, 0.6) is 0 Å². The van der Waals surface area contributed by atoms with E-state index in [1.165, 1.54) is 0 Å². The van der Waals surface area contributed by atoms with Crippen LogP contribution >= 0.6 is 22.6 Å². The summed E-state index contributed by atoms with van der Waals surface area (Å²) in [4.78, 5) is 18.9. The van der Waals surface area contributed by atoms with Crippen molar-refractivity contribution in [3.8, 4) is 0 Å². The van der Waals surface area contributed by atoms with Gasteiger partial charge in [-0.25, -0.2) is 0 Å². The highest BCUT2D eigenvalue weighted by Crippen LogP contribution is 2.23. The average Bonchev–Trinajstić information content (AvgIpc) is 3.04. The number of carbonyl (C=O) groups is 1. The van der Waals surface area contributed by atoms with Crippen molar-refractivity contribution in [3.05, 3.63) is 52.0 Å². The summed E-state index contributed by atoms with van der Waals surface area (Å²) >= 11 is 2.23. The summed E-state index contributed by atoms with van der Waals surface area (Å²) in [5.41, 5.74) is 1.98. The first kappa shape index (κ1) is 20.0. The van der Waals surface area contributed by atoms with E-state index in [4.69, 9.17) is 4.74 Å². The molecule has 2 heterocycles. The fourth-order valence-corrected chi connectivity index (χ4v) is 3.83. The van der Waals surface area contributed by atoms with Crippen LogP contribution in [0.2, 0.25) is 25.7 Å². The first-order valence-electron chi connectivity index (χ1n) is 8.78. The summed E-state index contributed by atoms with van der Waals surface area (Å²) in [5.74, 6) is -0.192. The zero-order valence-corrected chi connectivity index (χ0v) is 18.9. The van der Waals surface area contributed by atoms with Gasteiger partial charge in [0.05, 0.1) is 5.52 Å². The number of pyridine rings is 1. The molecule has 0 saturated heterocycles. The second-order valence-corrected chi connectivity index (χ2v) is 14.4. The molecule has 0 spiro atoms. The fourth-order valence-electron chi connectivity index (χ4n) is 2.59. The van der Waals surface area contributed by atoms with Crippen molar-refractivity contribution in [1.82, 2.24) is 15.2 Å². The van der Waals surface area contributed by atoms with Crippen molar-refractivity contribution in [2.45, 2.75) is 25.7 Å². The Bertz CT molecular complexity index is 924. The number of benzene rings is 1. The molecule has 2 aromatic heterocycles. The van der Waals surface area contributed by atoms with E-state index < -0.39 is 8.07 Å². The van der Waals surface area contributed by atoms with Crippen LogP contribution in [0.3, 0.4) is 0 Å². The Morgan fingerprint density at radius 1 is 1.22 bits per heavy atom. The molecule has 0 saturated carbocycles. The number of amides is 1. The topological polar surface area (TPSA) is 71.1 Å². The molecular weight excluding hydrogens is 471 g/mol. The Balaban J connectivity index is 1.85. The van der Waals surface area contributed by atoms with Gasteiger partial charge in [-0.05, 0) is 59.0 Å². The number of ether oxygens (including phenoxy) is 1. The van der Waals surface area contributed by atoms with Gasteiger partial charge < -0.3 is 4.74 Å². The highest BCUT2D eigenvalue weighted by atomic mass is 127. The number of hydrogen-bond acceptors (Lipinski definition) is 4. The Labute approximate surface area is 173 Å². The molecule has 1 N–H and O–H groups in total. The van der Waals surface area contributed by atoms with Crippen molar-refractivity contribution >= 4 is 53.2 Å². The van der Waals surface area contributed by atoms with Crippen molar-refractivity contribution < 1.29 is 9.53 Å². The molecule has 0 atom stereocenters. The smallest absolute Gasteiger partial charge is 0.281 e. The largest absolute Gasteiger partial charge is 0.361 e. The first-order valence-corrected chi connectivity index (χ1v) is 13.6. The average molecular weight is 494 g/mol. The van der Waals surface area contributed by atoms with Crippen LogP contribution in [0.25, 0.3) is 10.9 Å². The van der Waals surface area contributed by atoms with Gasteiger partial charge in [0.1, 0.15) is 6.73 Å². The van der Waals surface area contributed by atoms with Crippen molar-refractivity contribution in [2.24, 2.45) is 0 Å². The highest BCUT2D eigenvalue weighted by molar-refractivity contribution is 14.1. The number of hydrogen-bond donors (Lipinski definition) is 1. The van der Waals surface area contributed by atoms with E-state index in [-0.39, 0.29) is 12.6 Å². The molecule has 0 unspecified atom stereocenters. The third-order valence-electron chi connectivity index (χ3n) is 4.16. The van der Waals surface area contributed by atoms with Crippen molar-refractivity contribution in [2.75, 3.05) is 18.2 Å². The number of anilines is 1. The Kier molecular flexibility index (Phi) is 6.28. The van der Waals surface area contributed by atoms with Gasteiger partial charge in [0, 0.05) is 41.7 Å². The number of carbonyl (C=O) groups excluding carboxylic acids is 1. The maximum Gasteiger partial charge on any atom is 0.281 e. The minimum atomic E-state index is -1.19. The maximum atomic E-state index is 13.3. The lowest BCUT2D eigenvalue weighted by molar-refractivity contribution is 0.0897. The summed E-state index contributed by atoms with van der Waals surface area (Å²) in [5, 5.41) is 8.02. The minimum Gasteiger partial charge on any atom is -0.361 e. The van der Waals surface area contributed by atoms with Crippen LogP contribution in [0, 0.1) is 3.57 Å². The van der Waals surface area contributed by atoms with Gasteiger partial charge in [0.25, 0.3) is 5.91 Å². The monoisotopic (exact) mass is 494 g/mol. The van der Waals surface area contributed by atoms with Crippen LogP contribution in [-0.4, -0.2) is 42.5 Å². The number of halogens is 1. The van der Waals surface area contributed by atoms with Gasteiger partial charge in [-0.1, -0.05) is 19.6 Å². The van der Waals surface area contributed by atoms with E-state index in [0.717, 1.165) is 26.2 Å². The third kappa shape index (κ3) is 5.14. The second-order valence-electron chi connectivity index (χ2n) is 7.55. The second kappa shape index (κ2) is 8.49. The molecule has 1 aromatic carbocycles. The molecule has 0 aliphatic carbocycles. The molecule has 0 fully saturated rings. The van der Waals surface area contributed by atoms with E-state index in [1.54, 1.807) is 29.4 Å². The van der Waals surface area contributed by atoms with Gasteiger partial charge in [-0.15, -0.1) is 0 Å². The summed E-state index contributed by atoms with van der Waals surface area (Å²) in [6.07, 6.45) is 3.34. The maximum absolute atomic E-state index is 13.3. The number of aromatic nitrogens is 3. The van der Waals surface area contributed by atoms with Crippen LogP contribution in [-0.2, 0) is 4.74 Å². The number of nitrogens with one attached hydrogen (secondary N) is 1. The predicted octanol–water partition coefficient (Wildman–Crippen LogP) is 4.52. The molecule has 3 aromatic rings. The zero-order chi connectivity index (χ0) is 19.4.